The van der Waals surface area contributed by atoms with Gasteiger partial charge in [0.15, 0.2) is 5.75 Å². The fourth-order valence-electron chi connectivity index (χ4n) is 1.63. The lowest BCUT2D eigenvalue weighted by Crippen LogP contribution is -2.15. The highest BCUT2D eigenvalue weighted by Crippen LogP contribution is 2.28. The molecule has 6 heteroatoms. The van der Waals surface area contributed by atoms with Crippen LogP contribution in [0.1, 0.15) is 18.4 Å². The van der Waals surface area contributed by atoms with Crippen LogP contribution in [0, 0.1) is 10.1 Å². The monoisotopic (exact) mass is 254 g/mol. The molecule has 1 aliphatic rings. The number of benzene rings is 1. The van der Waals surface area contributed by atoms with Crippen molar-refractivity contribution in [2.45, 2.75) is 25.4 Å². The maximum Gasteiger partial charge on any atom is 0.310 e. The van der Waals surface area contributed by atoms with Crippen LogP contribution in [-0.2, 0) is 6.54 Å². The summed E-state index contributed by atoms with van der Waals surface area (Å²) in [7, 11) is 0. The summed E-state index contributed by atoms with van der Waals surface area (Å²) in [6, 6.07) is 5.26. The van der Waals surface area contributed by atoms with Gasteiger partial charge in [0.2, 0.25) is 0 Å². The smallest absolute Gasteiger partial charge is 0.310 e. The van der Waals surface area contributed by atoms with Crippen LogP contribution in [0.25, 0.3) is 0 Å². The molecule has 0 heterocycles. The number of alkyl halides is 1. The van der Waals surface area contributed by atoms with Crippen LogP contribution < -0.4 is 10.1 Å². The van der Waals surface area contributed by atoms with Crippen molar-refractivity contribution < 1.29 is 14.1 Å². The first-order valence-corrected chi connectivity index (χ1v) is 5.90. The normalized spacial score (nSPS) is 14.5. The quantitative estimate of drug-likeness (QED) is 0.598. The predicted molar refractivity (Wildman–Crippen MR) is 64.4 cm³/mol. The van der Waals surface area contributed by atoms with Gasteiger partial charge in [-0.05, 0) is 24.5 Å². The summed E-state index contributed by atoms with van der Waals surface area (Å²) < 4.78 is 17.1. The van der Waals surface area contributed by atoms with Gasteiger partial charge in [0, 0.05) is 18.7 Å². The van der Waals surface area contributed by atoms with Gasteiger partial charge in [-0.3, -0.25) is 10.1 Å². The maximum atomic E-state index is 12.1. The number of nitrogens with zero attached hydrogens (tertiary/aromatic N) is 1. The molecule has 1 saturated carbocycles. The molecule has 0 amide bonds. The largest absolute Gasteiger partial charge is 0.484 e. The molecule has 0 bridgehead atoms. The number of ether oxygens (including phenoxy) is 1. The van der Waals surface area contributed by atoms with E-state index in [1.165, 1.54) is 18.9 Å². The lowest BCUT2D eigenvalue weighted by atomic mass is 10.2. The van der Waals surface area contributed by atoms with E-state index in [9.17, 15) is 14.5 Å². The zero-order valence-corrected chi connectivity index (χ0v) is 9.89. The fourth-order valence-corrected chi connectivity index (χ4v) is 1.63. The van der Waals surface area contributed by atoms with Gasteiger partial charge in [-0.2, -0.15) is 0 Å². The van der Waals surface area contributed by atoms with Crippen LogP contribution in [0.2, 0.25) is 0 Å². The standard InChI is InChI=1S/C12H15FN2O3/c13-5-6-18-12-7-9(8-14-10-2-3-10)1-4-11(12)15(16)17/h1,4,7,10,14H,2-3,5-6,8H2. The average Bonchev–Trinajstić information content (AvgIpc) is 3.17. The molecule has 0 radical (unpaired) electrons. The Kier molecular flexibility index (Phi) is 4.09. The molecule has 1 fully saturated rings. The van der Waals surface area contributed by atoms with Crippen molar-refractivity contribution in [3.63, 3.8) is 0 Å². The molecular formula is C12H15FN2O3. The molecule has 1 aromatic carbocycles. The van der Waals surface area contributed by atoms with Crippen molar-refractivity contribution in [2.75, 3.05) is 13.3 Å². The molecule has 5 nitrogen and oxygen atoms in total. The zero-order valence-electron chi connectivity index (χ0n) is 9.89. The Morgan fingerprint density at radius 2 is 2.28 bits per heavy atom. The van der Waals surface area contributed by atoms with Gasteiger partial charge in [0.05, 0.1) is 4.92 Å². The topological polar surface area (TPSA) is 64.4 Å². The SMILES string of the molecule is O=[N+]([O-])c1ccc(CNC2CC2)cc1OCCF. The minimum atomic E-state index is -0.665. The van der Waals surface area contributed by atoms with Crippen LogP contribution in [0.3, 0.4) is 0 Å². The summed E-state index contributed by atoms with van der Waals surface area (Å²) in [5.41, 5.74) is 0.778. The number of nitro benzene ring substituents is 1. The molecule has 1 aromatic rings. The molecule has 18 heavy (non-hydrogen) atoms. The Hall–Kier alpha value is -1.69. The van der Waals surface area contributed by atoms with Gasteiger partial charge < -0.3 is 10.1 Å². The van der Waals surface area contributed by atoms with Gasteiger partial charge in [-0.15, -0.1) is 0 Å². The summed E-state index contributed by atoms with van der Waals surface area (Å²) in [5.74, 6) is 0.132. The number of nitro groups is 1. The molecular weight excluding hydrogens is 239 g/mol. The minimum Gasteiger partial charge on any atom is -0.484 e. The molecule has 0 spiro atoms. The fraction of sp³-hybridized carbons (Fsp3) is 0.500. The van der Waals surface area contributed by atoms with Gasteiger partial charge >= 0.3 is 5.69 Å². The zero-order chi connectivity index (χ0) is 13.0. The summed E-state index contributed by atoms with van der Waals surface area (Å²) in [6.07, 6.45) is 2.36. The van der Waals surface area contributed by atoms with Crippen molar-refractivity contribution >= 4 is 5.69 Å². The van der Waals surface area contributed by atoms with Gasteiger partial charge in [0.1, 0.15) is 13.3 Å². The van der Waals surface area contributed by atoms with E-state index in [4.69, 9.17) is 4.74 Å². The lowest BCUT2D eigenvalue weighted by molar-refractivity contribution is -0.385. The summed E-state index contributed by atoms with van der Waals surface area (Å²) in [5, 5.41) is 14.1. The number of halogens is 1. The van der Waals surface area contributed by atoms with Crippen LogP contribution in [0.5, 0.6) is 5.75 Å². The maximum absolute atomic E-state index is 12.1. The van der Waals surface area contributed by atoms with E-state index in [1.54, 1.807) is 12.1 Å². The van der Waals surface area contributed by atoms with E-state index in [0.717, 1.165) is 5.56 Å². The van der Waals surface area contributed by atoms with Gasteiger partial charge in [-0.25, -0.2) is 4.39 Å². The van der Waals surface area contributed by atoms with E-state index in [-0.39, 0.29) is 18.0 Å². The molecule has 0 aromatic heterocycles. The number of hydrogen-bond donors (Lipinski definition) is 1. The third-order valence-electron chi connectivity index (χ3n) is 2.73. The Morgan fingerprint density at radius 3 is 2.89 bits per heavy atom. The van der Waals surface area contributed by atoms with Crippen molar-refractivity contribution in [2.24, 2.45) is 0 Å². The van der Waals surface area contributed by atoms with E-state index in [0.29, 0.717) is 12.6 Å². The Labute approximate surface area is 104 Å². The summed E-state index contributed by atoms with van der Waals surface area (Å²) in [6.45, 7) is -0.184. The second-order valence-electron chi connectivity index (χ2n) is 4.25. The molecule has 0 atom stereocenters. The molecule has 98 valence electrons. The van der Waals surface area contributed by atoms with Crippen molar-refractivity contribution in [3.05, 3.63) is 33.9 Å². The Balaban J connectivity index is 2.08. The van der Waals surface area contributed by atoms with E-state index in [2.05, 4.69) is 5.32 Å². The first-order chi connectivity index (χ1) is 8.70. The van der Waals surface area contributed by atoms with Crippen LogP contribution in [0.4, 0.5) is 10.1 Å². The second-order valence-corrected chi connectivity index (χ2v) is 4.25. The van der Waals surface area contributed by atoms with E-state index in [1.807, 2.05) is 0 Å². The number of hydrogen-bond acceptors (Lipinski definition) is 4. The molecule has 0 aliphatic heterocycles. The Bertz CT molecular complexity index is 435. The highest BCUT2D eigenvalue weighted by Gasteiger charge is 2.21. The van der Waals surface area contributed by atoms with E-state index < -0.39 is 11.6 Å². The third kappa shape index (κ3) is 3.40. The van der Waals surface area contributed by atoms with Crippen LogP contribution in [0.15, 0.2) is 18.2 Å². The summed E-state index contributed by atoms with van der Waals surface area (Å²) >= 11 is 0. The van der Waals surface area contributed by atoms with Crippen LogP contribution >= 0.6 is 0 Å². The van der Waals surface area contributed by atoms with Crippen LogP contribution in [-0.4, -0.2) is 24.2 Å². The highest BCUT2D eigenvalue weighted by atomic mass is 19.1. The lowest BCUT2D eigenvalue weighted by Gasteiger charge is -2.08. The number of nitrogens with one attached hydrogen (secondary N) is 1. The van der Waals surface area contributed by atoms with E-state index >= 15 is 0 Å². The first kappa shape index (κ1) is 12.8. The van der Waals surface area contributed by atoms with Gasteiger partial charge in [0.25, 0.3) is 0 Å². The number of rotatable bonds is 7. The molecule has 1 aliphatic carbocycles. The Morgan fingerprint density at radius 1 is 1.50 bits per heavy atom. The highest BCUT2D eigenvalue weighted by molar-refractivity contribution is 5.48. The third-order valence-corrected chi connectivity index (χ3v) is 2.73. The first-order valence-electron chi connectivity index (χ1n) is 5.90. The molecule has 1 N–H and O–H groups in total. The molecule has 0 saturated heterocycles. The summed E-state index contributed by atoms with van der Waals surface area (Å²) in [4.78, 5) is 10.3. The minimum absolute atomic E-state index is 0.126. The second kappa shape index (κ2) is 5.77. The van der Waals surface area contributed by atoms with Gasteiger partial charge in [-0.1, -0.05) is 6.07 Å². The molecule has 2 rings (SSSR count). The average molecular weight is 254 g/mol. The van der Waals surface area contributed by atoms with Crippen molar-refractivity contribution in [1.82, 2.24) is 5.32 Å². The van der Waals surface area contributed by atoms with Crippen molar-refractivity contribution in [3.8, 4) is 5.75 Å². The predicted octanol–water partition coefficient (Wildman–Crippen LogP) is 2.20. The van der Waals surface area contributed by atoms with Crippen molar-refractivity contribution in [1.29, 1.82) is 0 Å². The molecule has 0 unspecified atom stereocenters.